The van der Waals surface area contributed by atoms with Gasteiger partial charge in [0.25, 0.3) is 0 Å². The number of carbonyl (C=O) groups excluding carboxylic acids is 1. The van der Waals surface area contributed by atoms with Crippen LogP contribution in [0.4, 0.5) is 5.00 Å². The summed E-state index contributed by atoms with van der Waals surface area (Å²) in [5.74, 6) is -0.0900. The highest BCUT2D eigenvalue weighted by molar-refractivity contribution is 8.00. The maximum Gasteiger partial charge on any atom is 0.238 e. The maximum atomic E-state index is 12.0. The van der Waals surface area contributed by atoms with E-state index in [9.17, 15) is 4.79 Å². The SMILES string of the molecule is CC(Sc1ccccc1)C(=O)Nc1sccc1C#N. The number of carbonyl (C=O) groups is 1. The third-order valence-electron chi connectivity index (χ3n) is 2.45. The second-order valence-electron chi connectivity index (χ2n) is 3.84. The molecule has 1 unspecified atom stereocenters. The molecule has 3 nitrogen and oxygen atoms in total. The Morgan fingerprint density at radius 1 is 1.37 bits per heavy atom. The summed E-state index contributed by atoms with van der Waals surface area (Å²) in [6, 6.07) is 13.5. The second kappa shape index (κ2) is 6.41. The van der Waals surface area contributed by atoms with Crippen molar-refractivity contribution in [3.8, 4) is 6.07 Å². The number of rotatable bonds is 4. The van der Waals surface area contributed by atoms with Crippen LogP contribution in [0.1, 0.15) is 12.5 Å². The topological polar surface area (TPSA) is 52.9 Å². The van der Waals surface area contributed by atoms with E-state index >= 15 is 0 Å². The first-order chi connectivity index (χ1) is 9.20. The van der Waals surface area contributed by atoms with Crippen LogP contribution >= 0.6 is 23.1 Å². The van der Waals surface area contributed by atoms with Crippen molar-refractivity contribution in [1.82, 2.24) is 0 Å². The van der Waals surface area contributed by atoms with Gasteiger partial charge in [-0.2, -0.15) is 5.26 Å². The van der Waals surface area contributed by atoms with Crippen LogP contribution in [0.25, 0.3) is 0 Å². The Kier molecular flexibility index (Phi) is 4.61. The van der Waals surface area contributed by atoms with E-state index < -0.39 is 0 Å². The number of nitrogens with zero attached hydrogens (tertiary/aromatic N) is 1. The Morgan fingerprint density at radius 3 is 2.79 bits per heavy atom. The number of benzene rings is 1. The van der Waals surface area contributed by atoms with Crippen LogP contribution in [-0.2, 0) is 4.79 Å². The summed E-state index contributed by atoms with van der Waals surface area (Å²) in [6.45, 7) is 1.85. The number of hydrogen-bond donors (Lipinski definition) is 1. The molecule has 5 heteroatoms. The van der Waals surface area contributed by atoms with Gasteiger partial charge in [0.1, 0.15) is 11.1 Å². The number of nitriles is 1. The Labute approximate surface area is 120 Å². The first-order valence-electron chi connectivity index (χ1n) is 5.71. The van der Waals surface area contributed by atoms with E-state index in [1.165, 1.54) is 23.1 Å². The molecule has 2 aromatic rings. The minimum atomic E-state index is -0.212. The molecule has 0 aliphatic rings. The van der Waals surface area contributed by atoms with Crippen LogP contribution < -0.4 is 5.32 Å². The molecule has 0 saturated carbocycles. The third kappa shape index (κ3) is 3.60. The average molecular weight is 288 g/mol. The minimum Gasteiger partial charge on any atom is -0.316 e. The fourth-order valence-corrected chi connectivity index (χ4v) is 3.09. The van der Waals surface area contributed by atoms with Gasteiger partial charge >= 0.3 is 0 Å². The number of thioether (sulfide) groups is 1. The lowest BCUT2D eigenvalue weighted by Crippen LogP contribution is -2.22. The van der Waals surface area contributed by atoms with Crippen LogP contribution in [0.15, 0.2) is 46.7 Å². The van der Waals surface area contributed by atoms with Gasteiger partial charge in [-0.1, -0.05) is 18.2 Å². The fourth-order valence-electron chi connectivity index (χ4n) is 1.46. The van der Waals surface area contributed by atoms with Crippen LogP contribution in [0.3, 0.4) is 0 Å². The molecule has 0 bridgehead atoms. The summed E-state index contributed by atoms with van der Waals surface area (Å²) in [5.41, 5.74) is 0.510. The van der Waals surface area contributed by atoms with Crippen molar-refractivity contribution in [3.05, 3.63) is 47.3 Å². The van der Waals surface area contributed by atoms with Gasteiger partial charge < -0.3 is 5.32 Å². The molecule has 2 rings (SSSR count). The van der Waals surface area contributed by atoms with E-state index in [1.54, 1.807) is 11.4 Å². The van der Waals surface area contributed by atoms with E-state index in [0.717, 1.165) is 4.90 Å². The average Bonchev–Trinajstić information content (AvgIpc) is 2.87. The summed E-state index contributed by atoms with van der Waals surface area (Å²) in [4.78, 5) is 13.1. The van der Waals surface area contributed by atoms with Gasteiger partial charge in [-0.05, 0) is 30.5 Å². The third-order valence-corrected chi connectivity index (χ3v) is 4.39. The Balaban J connectivity index is 1.99. The number of amides is 1. The first-order valence-corrected chi connectivity index (χ1v) is 7.47. The first kappa shape index (κ1) is 13.7. The summed E-state index contributed by atoms with van der Waals surface area (Å²) in [7, 11) is 0. The zero-order chi connectivity index (χ0) is 13.7. The Bertz CT molecular complexity index is 601. The lowest BCUT2D eigenvalue weighted by molar-refractivity contribution is -0.115. The van der Waals surface area contributed by atoms with Crippen molar-refractivity contribution >= 4 is 34.0 Å². The molecule has 1 N–H and O–H groups in total. The zero-order valence-corrected chi connectivity index (χ0v) is 11.9. The highest BCUT2D eigenvalue weighted by Crippen LogP contribution is 2.26. The highest BCUT2D eigenvalue weighted by atomic mass is 32.2. The van der Waals surface area contributed by atoms with Crippen molar-refractivity contribution in [1.29, 1.82) is 5.26 Å². The van der Waals surface area contributed by atoms with Crippen LogP contribution in [0.2, 0.25) is 0 Å². The molecule has 0 fully saturated rings. The van der Waals surface area contributed by atoms with E-state index in [2.05, 4.69) is 11.4 Å². The summed E-state index contributed by atoms with van der Waals surface area (Å²) in [6.07, 6.45) is 0. The fraction of sp³-hybridized carbons (Fsp3) is 0.143. The van der Waals surface area contributed by atoms with Crippen LogP contribution in [0, 0.1) is 11.3 Å². The van der Waals surface area contributed by atoms with E-state index in [-0.39, 0.29) is 11.2 Å². The lowest BCUT2D eigenvalue weighted by atomic mass is 10.3. The Morgan fingerprint density at radius 2 is 2.11 bits per heavy atom. The minimum absolute atomic E-state index is 0.0900. The summed E-state index contributed by atoms with van der Waals surface area (Å²) >= 11 is 2.86. The molecule has 19 heavy (non-hydrogen) atoms. The maximum absolute atomic E-state index is 12.0. The number of anilines is 1. The lowest BCUT2D eigenvalue weighted by Gasteiger charge is -2.11. The molecule has 0 aliphatic carbocycles. The molecule has 1 atom stereocenters. The molecule has 96 valence electrons. The van der Waals surface area contributed by atoms with Crippen molar-refractivity contribution in [2.24, 2.45) is 0 Å². The zero-order valence-electron chi connectivity index (χ0n) is 10.3. The largest absolute Gasteiger partial charge is 0.316 e. The predicted molar refractivity (Wildman–Crippen MR) is 79.4 cm³/mol. The van der Waals surface area contributed by atoms with Crippen LogP contribution in [0.5, 0.6) is 0 Å². The van der Waals surface area contributed by atoms with Crippen molar-refractivity contribution in [2.75, 3.05) is 5.32 Å². The molecule has 0 aliphatic heterocycles. The molecule has 1 aromatic carbocycles. The van der Waals surface area contributed by atoms with Crippen molar-refractivity contribution in [3.63, 3.8) is 0 Å². The standard InChI is InChI=1S/C14H12N2OS2/c1-10(19-12-5-3-2-4-6-12)13(17)16-14-11(9-15)7-8-18-14/h2-8,10H,1H3,(H,16,17). The molecule has 0 radical (unpaired) electrons. The highest BCUT2D eigenvalue weighted by Gasteiger charge is 2.16. The predicted octanol–water partition coefficient (Wildman–Crippen LogP) is 3.74. The quantitative estimate of drug-likeness (QED) is 0.872. The van der Waals surface area contributed by atoms with Gasteiger partial charge in [-0.3, -0.25) is 4.79 Å². The monoisotopic (exact) mass is 288 g/mol. The molecule has 0 saturated heterocycles. The molecule has 1 aromatic heterocycles. The van der Waals surface area contributed by atoms with Crippen LogP contribution in [-0.4, -0.2) is 11.2 Å². The van der Waals surface area contributed by atoms with Crippen molar-refractivity contribution < 1.29 is 4.79 Å². The molecular weight excluding hydrogens is 276 g/mol. The number of nitrogens with one attached hydrogen (secondary N) is 1. The normalized spacial score (nSPS) is 11.6. The van der Waals surface area contributed by atoms with Gasteiger partial charge in [-0.25, -0.2) is 0 Å². The Hall–Kier alpha value is -1.77. The number of thiophene rings is 1. The summed E-state index contributed by atoms with van der Waals surface area (Å²) < 4.78 is 0. The molecule has 1 amide bonds. The second-order valence-corrected chi connectivity index (χ2v) is 6.17. The smallest absolute Gasteiger partial charge is 0.238 e. The summed E-state index contributed by atoms with van der Waals surface area (Å²) in [5, 5.41) is 13.9. The van der Waals surface area contributed by atoms with E-state index in [4.69, 9.17) is 5.26 Å². The molecular formula is C14H12N2OS2. The van der Waals surface area contributed by atoms with E-state index in [1.807, 2.05) is 37.3 Å². The number of hydrogen-bond acceptors (Lipinski definition) is 4. The van der Waals surface area contributed by atoms with Crippen molar-refractivity contribution in [2.45, 2.75) is 17.1 Å². The van der Waals surface area contributed by atoms with Gasteiger partial charge in [-0.15, -0.1) is 23.1 Å². The molecule has 1 heterocycles. The molecule has 0 spiro atoms. The van der Waals surface area contributed by atoms with Gasteiger partial charge in [0.2, 0.25) is 5.91 Å². The van der Waals surface area contributed by atoms with E-state index in [0.29, 0.717) is 10.6 Å². The van der Waals surface area contributed by atoms with Gasteiger partial charge in [0.05, 0.1) is 10.8 Å². The van der Waals surface area contributed by atoms with Gasteiger partial charge in [0, 0.05) is 4.90 Å². The van der Waals surface area contributed by atoms with Gasteiger partial charge in [0.15, 0.2) is 0 Å².